The number of carboxylic acid groups (broad SMARTS) is 1. The summed E-state index contributed by atoms with van der Waals surface area (Å²) < 4.78 is 0. The number of hydrogen-bond donors (Lipinski definition) is 3. The molecule has 0 amide bonds. The Balaban J connectivity index is 2.47. The van der Waals surface area contributed by atoms with Crippen LogP contribution >= 0.6 is 0 Å². The Morgan fingerprint density at radius 2 is 2.20 bits per heavy atom. The second-order valence-corrected chi connectivity index (χ2v) is 3.37. The maximum Gasteiger partial charge on any atom is 0.326 e. The van der Waals surface area contributed by atoms with Crippen LogP contribution in [0.4, 0.5) is 0 Å². The summed E-state index contributed by atoms with van der Waals surface area (Å²) in [4.78, 5) is 14.0. The summed E-state index contributed by atoms with van der Waals surface area (Å²) in [5.41, 5.74) is 1.63. The van der Waals surface area contributed by atoms with E-state index in [1.807, 2.05) is 30.3 Å². The van der Waals surface area contributed by atoms with Crippen molar-refractivity contribution in [3.8, 4) is 0 Å². The van der Waals surface area contributed by atoms with Crippen molar-refractivity contribution in [1.29, 1.82) is 0 Å². The molecule has 78 valence electrons. The molecule has 1 aromatic heterocycles. The van der Waals surface area contributed by atoms with Crippen molar-refractivity contribution in [2.45, 2.75) is 6.04 Å². The van der Waals surface area contributed by atoms with Crippen LogP contribution in [-0.2, 0) is 4.79 Å². The summed E-state index contributed by atoms with van der Waals surface area (Å²) in [6.07, 6.45) is 0. The highest BCUT2D eigenvalue weighted by atomic mass is 16.4. The lowest BCUT2D eigenvalue weighted by Crippen LogP contribution is -2.25. The third-order valence-electron chi connectivity index (χ3n) is 2.40. The molecular formula is C11H12N2O2. The van der Waals surface area contributed by atoms with E-state index in [2.05, 4.69) is 10.3 Å². The third-order valence-corrected chi connectivity index (χ3v) is 2.40. The van der Waals surface area contributed by atoms with Crippen molar-refractivity contribution >= 4 is 16.9 Å². The van der Waals surface area contributed by atoms with Gasteiger partial charge >= 0.3 is 5.97 Å². The van der Waals surface area contributed by atoms with Gasteiger partial charge in [0, 0.05) is 11.2 Å². The lowest BCUT2D eigenvalue weighted by atomic mass is 10.2. The number of benzene rings is 1. The molecule has 0 radical (unpaired) electrons. The number of aliphatic carboxylic acids is 1. The number of H-pyrrole nitrogens is 1. The largest absolute Gasteiger partial charge is 0.480 e. The van der Waals surface area contributed by atoms with E-state index >= 15 is 0 Å². The Morgan fingerprint density at radius 3 is 2.80 bits per heavy atom. The highest BCUT2D eigenvalue weighted by Gasteiger charge is 2.18. The fourth-order valence-corrected chi connectivity index (χ4v) is 1.66. The zero-order chi connectivity index (χ0) is 10.8. The average Bonchev–Trinajstić information content (AvgIpc) is 2.61. The Hall–Kier alpha value is -1.81. The summed E-state index contributed by atoms with van der Waals surface area (Å²) in [5, 5.41) is 12.7. The van der Waals surface area contributed by atoms with Crippen LogP contribution in [0.1, 0.15) is 11.7 Å². The standard InChI is InChI=1S/C11H12N2O2/c1-12-10(11(14)15)9-6-7-4-2-3-5-8(7)13-9/h2-6,10,12-13H,1H3,(H,14,15). The topological polar surface area (TPSA) is 65.1 Å². The zero-order valence-electron chi connectivity index (χ0n) is 8.32. The van der Waals surface area contributed by atoms with Crippen LogP contribution in [0.2, 0.25) is 0 Å². The van der Waals surface area contributed by atoms with Crippen molar-refractivity contribution in [1.82, 2.24) is 10.3 Å². The number of likely N-dealkylation sites (N-methyl/N-ethyl adjacent to an activating group) is 1. The van der Waals surface area contributed by atoms with Gasteiger partial charge in [0.15, 0.2) is 0 Å². The number of para-hydroxylation sites is 1. The van der Waals surface area contributed by atoms with Gasteiger partial charge in [0.1, 0.15) is 6.04 Å². The molecule has 1 atom stereocenters. The van der Waals surface area contributed by atoms with Crippen LogP contribution in [0, 0.1) is 0 Å². The van der Waals surface area contributed by atoms with Gasteiger partial charge in [0.05, 0.1) is 0 Å². The Kier molecular flexibility index (Phi) is 2.43. The molecule has 15 heavy (non-hydrogen) atoms. The molecule has 2 rings (SSSR count). The van der Waals surface area contributed by atoms with Crippen molar-refractivity contribution in [2.75, 3.05) is 7.05 Å². The average molecular weight is 204 g/mol. The van der Waals surface area contributed by atoms with E-state index in [1.165, 1.54) is 0 Å². The van der Waals surface area contributed by atoms with Gasteiger partial charge in [-0.3, -0.25) is 4.79 Å². The SMILES string of the molecule is CNC(C(=O)O)c1cc2ccccc2[nH]1. The van der Waals surface area contributed by atoms with E-state index in [0.717, 1.165) is 10.9 Å². The molecule has 0 aliphatic rings. The minimum Gasteiger partial charge on any atom is -0.480 e. The fourth-order valence-electron chi connectivity index (χ4n) is 1.66. The molecule has 4 nitrogen and oxygen atoms in total. The first kappa shape index (κ1) is 9.73. The number of aromatic amines is 1. The zero-order valence-corrected chi connectivity index (χ0v) is 8.32. The molecule has 1 heterocycles. The molecular weight excluding hydrogens is 192 g/mol. The van der Waals surface area contributed by atoms with Crippen LogP contribution in [0.3, 0.4) is 0 Å². The maximum atomic E-state index is 10.9. The molecule has 1 unspecified atom stereocenters. The molecule has 0 spiro atoms. The van der Waals surface area contributed by atoms with E-state index in [0.29, 0.717) is 5.69 Å². The van der Waals surface area contributed by atoms with Gasteiger partial charge in [0.2, 0.25) is 0 Å². The predicted molar refractivity (Wildman–Crippen MR) is 57.7 cm³/mol. The normalized spacial score (nSPS) is 12.9. The van der Waals surface area contributed by atoms with Gasteiger partial charge in [-0.15, -0.1) is 0 Å². The first-order valence-electron chi connectivity index (χ1n) is 4.70. The molecule has 2 aromatic rings. The number of carbonyl (C=O) groups is 1. The van der Waals surface area contributed by atoms with E-state index in [4.69, 9.17) is 5.11 Å². The van der Waals surface area contributed by atoms with E-state index < -0.39 is 12.0 Å². The van der Waals surface area contributed by atoms with Crippen molar-refractivity contribution in [3.63, 3.8) is 0 Å². The van der Waals surface area contributed by atoms with Crippen molar-refractivity contribution < 1.29 is 9.90 Å². The second-order valence-electron chi connectivity index (χ2n) is 3.37. The van der Waals surface area contributed by atoms with Crippen molar-refractivity contribution in [3.05, 3.63) is 36.0 Å². The lowest BCUT2D eigenvalue weighted by Gasteiger charge is -2.07. The highest BCUT2D eigenvalue weighted by molar-refractivity contribution is 5.83. The van der Waals surface area contributed by atoms with E-state index in [1.54, 1.807) is 7.05 Å². The molecule has 0 aliphatic heterocycles. The number of hydrogen-bond acceptors (Lipinski definition) is 2. The molecule has 3 N–H and O–H groups in total. The second kappa shape index (κ2) is 3.74. The van der Waals surface area contributed by atoms with Gasteiger partial charge in [0.25, 0.3) is 0 Å². The smallest absolute Gasteiger partial charge is 0.326 e. The fraction of sp³-hybridized carbons (Fsp3) is 0.182. The predicted octanol–water partition coefficient (Wildman–Crippen LogP) is 1.51. The van der Waals surface area contributed by atoms with Gasteiger partial charge in [-0.2, -0.15) is 0 Å². The number of nitrogens with one attached hydrogen (secondary N) is 2. The molecule has 0 fully saturated rings. The molecule has 0 saturated heterocycles. The van der Waals surface area contributed by atoms with Crippen LogP contribution in [0.5, 0.6) is 0 Å². The Bertz CT molecular complexity index is 457. The monoisotopic (exact) mass is 204 g/mol. The summed E-state index contributed by atoms with van der Waals surface area (Å²) in [6.45, 7) is 0. The van der Waals surface area contributed by atoms with Crippen LogP contribution < -0.4 is 5.32 Å². The number of rotatable bonds is 3. The summed E-state index contributed by atoms with van der Waals surface area (Å²) >= 11 is 0. The summed E-state index contributed by atoms with van der Waals surface area (Å²) in [5.74, 6) is -0.885. The Labute approximate surface area is 86.9 Å². The Morgan fingerprint density at radius 1 is 1.47 bits per heavy atom. The number of aromatic nitrogens is 1. The highest BCUT2D eigenvalue weighted by Crippen LogP contribution is 2.19. The molecule has 0 bridgehead atoms. The third kappa shape index (κ3) is 1.71. The summed E-state index contributed by atoms with van der Waals surface area (Å²) in [6, 6.07) is 8.88. The number of fused-ring (bicyclic) bond motifs is 1. The van der Waals surface area contributed by atoms with Gasteiger partial charge < -0.3 is 15.4 Å². The minimum atomic E-state index is -0.885. The molecule has 4 heteroatoms. The molecule has 1 aromatic carbocycles. The minimum absolute atomic E-state index is 0.672. The first-order valence-corrected chi connectivity index (χ1v) is 4.70. The van der Waals surface area contributed by atoms with Gasteiger partial charge in [-0.05, 0) is 24.6 Å². The molecule has 0 aliphatic carbocycles. The van der Waals surface area contributed by atoms with Crippen molar-refractivity contribution in [2.24, 2.45) is 0 Å². The van der Waals surface area contributed by atoms with Gasteiger partial charge in [-0.25, -0.2) is 0 Å². The van der Waals surface area contributed by atoms with E-state index in [9.17, 15) is 4.79 Å². The van der Waals surface area contributed by atoms with Crippen LogP contribution in [-0.4, -0.2) is 23.1 Å². The lowest BCUT2D eigenvalue weighted by molar-refractivity contribution is -0.139. The van der Waals surface area contributed by atoms with Crippen LogP contribution in [0.15, 0.2) is 30.3 Å². The molecule has 0 saturated carbocycles. The van der Waals surface area contributed by atoms with E-state index in [-0.39, 0.29) is 0 Å². The van der Waals surface area contributed by atoms with Gasteiger partial charge in [-0.1, -0.05) is 18.2 Å². The summed E-state index contributed by atoms with van der Waals surface area (Å²) in [7, 11) is 1.63. The maximum absolute atomic E-state index is 10.9. The quantitative estimate of drug-likeness (QED) is 0.710. The first-order chi connectivity index (χ1) is 7.22. The number of carboxylic acids is 1. The van der Waals surface area contributed by atoms with Crippen LogP contribution in [0.25, 0.3) is 10.9 Å².